The standard InChI is InChI=1S/C22H32N4S/c1-6-24-19-12-13-26(16(2)3)14-20(19)25(5)15-27-21-11-10-17-8-7-9-18(17)22(21)23-4/h6,10-11,19-20,24H,1-2,4,7-9,12-15H2,3,5H3. The highest BCUT2D eigenvalue weighted by Crippen LogP contribution is 2.39. The van der Waals surface area contributed by atoms with E-state index in [9.17, 15) is 0 Å². The van der Waals surface area contributed by atoms with Crippen LogP contribution in [0.4, 0.5) is 5.69 Å². The quantitative estimate of drug-likeness (QED) is 0.413. The molecule has 1 fully saturated rings. The molecule has 0 amide bonds. The van der Waals surface area contributed by atoms with Gasteiger partial charge in [-0.1, -0.05) is 19.2 Å². The van der Waals surface area contributed by atoms with Gasteiger partial charge in [-0.2, -0.15) is 0 Å². The summed E-state index contributed by atoms with van der Waals surface area (Å²) >= 11 is 1.87. The second kappa shape index (κ2) is 8.98. The average Bonchev–Trinajstić information content (AvgIpc) is 3.14. The zero-order chi connectivity index (χ0) is 19.4. The molecule has 4 nitrogen and oxygen atoms in total. The highest BCUT2D eigenvalue weighted by molar-refractivity contribution is 7.99. The Morgan fingerprint density at radius 2 is 2.26 bits per heavy atom. The molecule has 0 radical (unpaired) electrons. The number of hydrogen-bond donors (Lipinski definition) is 1. The summed E-state index contributed by atoms with van der Waals surface area (Å²) in [6.07, 6.45) is 6.47. The Morgan fingerprint density at radius 3 is 2.96 bits per heavy atom. The molecule has 5 heteroatoms. The molecular weight excluding hydrogens is 352 g/mol. The summed E-state index contributed by atoms with van der Waals surface area (Å²) in [6, 6.07) is 5.34. The minimum Gasteiger partial charge on any atom is -0.387 e. The summed E-state index contributed by atoms with van der Waals surface area (Å²) in [6.45, 7) is 16.0. The fraction of sp³-hybridized carbons (Fsp3) is 0.500. The molecule has 1 aliphatic carbocycles. The van der Waals surface area contributed by atoms with Crippen LogP contribution in [0.5, 0.6) is 0 Å². The lowest BCUT2D eigenvalue weighted by atomic mass is 9.98. The Balaban J connectivity index is 1.70. The largest absolute Gasteiger partial charge is 0.387 e. The summed E-state index contributed by atoms with van der Waals surface area (Å²) < 4.78 is 0. The number of thioether (sulfide) groups is 1. The van der Waals surface area contributed by atoms with Crippen molar-refractivity contribution in [3.8, 4) is 0 Å². The minimum absolute atomic E-state index is 0.413. The number of fused-ring (bicyclic) bond motifs is 1. The Kier molecular flexibility index (Phi) is 6.66. The van der Waals surface area contributed by atoms with E-state index < -0.39 is 0 Å². The van der Waals surface area contributed by atoms with Gasteiger partial charge in [0.2, 0.25) is 0 Å². The van der Waals surface area contributed by atoms with Crippen LogP contribution in [0.25, 0.3) is 0 Å². The van der Waals surface area contributed by atoms with Crippen LogP contribution in [0.15, 0.2) is 47.1 Å². The van der Waals surface area contributed by atoms with Crippen molar-refractivity contribution in [2.75, 3.05) is 26.0 Å². The third-order valence-electron chi connectivity index (χ3n) is 5.82. The first-order valence-electron chi connectivity index (χ1n) is 9.77. The van der Waals surface area contributed by atoms with Gasteiger partial charge in [0.15, 0.2) is 0 Å². The molecule has 1 aromatic rings. The predicted molar refractivity (Wildman–Crippen MR) is 118 cm³/mol. The van der Waals surface area contributed by atoms with Gasteiger partial charge < -0.3 is 10.2 Å². The highest BCUT2D eigenvalue weighted by Gasteiger charge is 2.31. The van der Waals surface area contributed by atoms with E-state index in [0.717, 1.165) is 43.2 Å². The van der Waals surface area contributed by atoms with E-state index >= 15 is 0 Å². The SMILES string of the molecule is C=CNC1CCN(C(=C)C)CC1N(C)CSc1ccc2c(c1N=C)CCC2. The van der Waals surface area contributed by atoms with Crippen LogP contribution in [0, 0.1) is 0 Å². The Morgan fingerprint density at radius 1 is 1.44 bits per heavy atom. The first-order chi connectivity index (χ1) is 13.0. The van der Waals surface area contributed by atoms with Crippen molar-refractivity contribution in [3.63, 3.8) is 0 Å². The first kappa shape index (κ1) is 20.0. The number of allylic oxidation sites excluding steroid dienone is 1. The van der Waals surface area contributed by atoms with E-state index in [-0.39, 0.29) is 0 Å². The van der Waals surface area contributed by atoms with Gasteiger partial charge >= 0.3 is 0 Å². The Hall–Kier alpha value is -1.72. The van der Waals surface area contributed by atoms with Crippen LogP contribution in [0.1, 0.15) is 30.9 Å². The van der Waals surface area contributed by atoms with Crippen molar-refractivity contribution in [2.45, 2.75) is 49.6 Å². The van der Waals surface area contributed by atoms with Gasteiger partial charge in [-0.15, -0.1) is 11.8 Å². The molecular formula is C22H32N4S. The number of likely N-dealkylation sites (tertiary alicyclic amines) is 1. The van der Waals surface area contributed by atoms with Crippen LogP contribution >= 0.6 is 11.8 Å². The van der Waals surface area contributed by atoms with Gasteiger partial charge in [0.05, 0.1) is 5.69 Å². The Bertz CT molecular complexity index is 715. The normalized spacial score (nSPS) is 21.8. The monoisotopic (exact) mass is 384 g/mol. The van der Waals surface area contributed by atoms with E-state index in [4.69, 9.17) is 0 Å². The topological polar surface area (TPSA) is 30.9 Å². The van der Waals surface area contributed by atoms with Gasteiger partial charge in [-0.25, -0.2) is 0 Å². The lowest BCUT2D eigenvalue weighted by Gasteiger charge is -2.44. The molecule has 2 unspecified atom stereocenters. The van der Waals surface area contributed by atoms with Crippen molar-refractivity contribution < 1.29 is 0 Å². The maximum Gasteiger partial charge on any atom is 0.0793 e. The summed E-state index contributed by atoms with van der Waals surface area (Å²) in [5, 5.41) is 3.46. The molecule has 0 saturated carbocycles. The summed E-state index contributed by atoms with van der Waals surface area (Å²) in [4.78, 5) is 10.5. The molecule has 0 aromatic heterocycles. The molecule has 0 bridgehead atoms. The van der Waals surface area contributed by atoms with E-state index in [1.165, 1.54) is 28.9 Å². The highest BCUT2D eigenvalue weighted by atomic mass is 32.2. The molecule has 27 heavy (non-hydrogen) atoms. The van der Waals surface area contributed by atoms with Crippen molar-refractivity contribution in [1.82, 2.24) is 15.1 Å². The zero-order valence-electron chi connectivity index (χ0n) is 16.7. The molecule has 1 aromatic carbocycles. The fourth-order valence-corrected chi connectivity index (χ4v) is 5.28. The zero-order valence-corrected chi connectivity index (χ0v) is 17.5. The number of nitrogens with zero attached hydrogens (tertiary/aromatic N) is 3. The van der Waals surface area contributed by atoms with Crippen molar-refractivity contribution in [1.29, 1.82) is 0 Å². The van der Waals surface area contributed by atoms with Gasteiger partial charge in [-0.05, 0) is 69.8 Å². The number of nitrogens with one attached hydrogen (secondary N) is 1. The van der Waals surface area contributed by atoms with Crippen LogP contribution in [-0.2, 0) is 12.8 Å². The molecule has 1 saturated heterocycles. The summed E-state index contributed by atoms with van der Waals surface area (Å²) in [5.41, 5.74) is 5.12. The van der Waals surface area contributed by atoms with Gasteiger partial charge in [-0.3, -0.25) is 9.89 Å². The summed E-state index contributed by atoms with van der Waals surface area (Å²) in [5.74, 6) is 0.922. The maximum atomic E-state index is 4.38. The molecule has 1 N–H and O–H groups in total. The third kappa shape index (κ3) is 4.41. The van der Waals surface area contributed by atoms with Crippen LogP contribution in [0.2, 0.25) is 0 Å². The van der Waals surface area contributed by atoms with Crippen molar-refractivity contribution in [3.05, 3.63) is 48.3 Å². The molecule has 0 spiro atoms. The van der Waals surface area contributed by atoms with E-state index in [1.54, 1.807) is 0 Å². The molecule has 1 heterocycles. The second-order valence-electron chi connectivity index (χ2n) is 7.61. The number of likely N-dealkylation sites (N-methyl/N-ethyl adjacent to an activating group) is 1. The lowest BCUT2D eigenvalue weighted by Crippen LogP contribution is -2.57. The number of hydrogen-bond acceptors (Lipinski definition) is 5. The summed E-state index contributed by atoms with van der Waals surface area (Å²) in [7, 11) is 2.21. The second-order valence-corrected chi connectivity index (χ2v) is 8.59. The van der Waals surface area contributed by atoms with Crippen LogP contribution in [0.3, 0.4) is 0 Å². The molecule has 2 atom stereocenters. The molecule has 146 valence electrons. The predicted octanol–water partition coefficient (Wildman–Crippen LogP) is 4.20. The number of aliphatic imine (C=N–C) groups is 1. The first-order valence-corrected chi connectivity index (χ1v) is 10.8. The number of aryl methyl sites for hydroxylation is 1. The van der Waals surface area contributed by atoms with E-state index in [2.05, 4.69) is 66.1 Å². The number of piperidine rings is 1. The van der Waals surface area contributed by atoms with Crippen LogP contribution < -0.4 is 5.32 Å². The Labute approximate surface area is 168 Å². The number of benzene rings is 1. The van der Waals surface area contributed by atoms with Gasteiger partial charge in [0.25, 0.3) is 0 Å². The average molecular weight is 385 g/mol. The smallest absolute Gasteiger partial charge is 0.0793 e. The van der Waals surface area contributed by atoms with Gasteiger partial charge in [0, 0.05) is 41.6 Å². The van der Waals surface area contributed by atoms with E-state index in [1.807, 2.05) is 18.0 Å². The van der Waals surface area contributed by atoms with Crippen LogP contribution in [-0.4, -0.2) is 54.6 Å². The van der Waals surface area contributed by atoms with E-state index in [0.29, 0.717) is 12.1 Å². The fourth-order valence-electron chi connectivity index (χ4n) is 4.25. The molecule has 1 aliphatic heterocycles. The lowest BCUT2D eigenvalue weighted by molar-refractivity contribution is 0.125. The van der Waals surface area contributed by atoms with Crippen molar-refractivity contribution in [2.24, 2.45) is 4.99 Å². The number of rotatable bonds is 8. The third-order valence-corrected chi connectivity index (χ3v) is 6.99. The minimum atomic E-state index is 0.413. The molecule has 3 rings (SSSR count). The van der Waals surface area contributed by atoms with Gasteiger partial charge in [0.1, 0.15) is 0 Å². The maximum absolute atomic E-state index is 4.38. The van der Waals surface area contributed by atoms with Crippen molar-refractivity contribution >= 4 is 24.2 Å². The molecule has 2 aliphatic rings.